The van der Waals surface area contributed by atoms with Crippen molar-refractivity contribution in [1.29, 1.82) is 0 Å². The fourth-order valence-corrected chi connectivity index (χ4v) is 2.13. The van der Waals surface area contributed by atoms with Crippen molar-refractivity contribution in [2.75, 3.05) is 19.6 Å². The fourth-order valence-electron chi connectivity index (χ4n) is 1.96. The summed E-state index contributed by atoms with van der Waals surface area (Å²) in [4.78, 5) is 13.8. The second kappa shape index (κ2) is 5.02. The van der Waals surface area contributed by atoms with E-state index in [0.29, 0.717) is 13.1 Å². The molecule has 1 aromatic rings. The number of carbonyl (C=O) groups excluding carboxylic acids is 1. The zero-order valence-electron chi connectivity index (χ0n) is 9.54. The Morgan fingerprint density at radius 3 is 3.06 bits per heavy atom. The molecule has 1 N–H and O–H groups in total. The van der Waals surface area contributed by atoms with Gasteiger partial charge in [0.25, 0.3) is 5.91 Å². The molecule has 1 heterocycles. The first-order valence-electron chi connectivity index (χ1n) is 5.56. The summed E-state index contributed by atoms with van der Waals surface area (Å²) in [5.74, 6) is -0.927. The molecule has 1 aliphatic rings. The van der Waals surface area contributed by atoms with Gasteiger partial charge in [-0.2, -0.15) is 0 Å². The van der Waals surface area contributed by atoms with E-state index in [1.54, 1.807) is 11.0 Å². The number of amides is 1. The predicted molar refractivity (Wildman–Crippen MR) is 64.8 cm³/mol. The molecule has 1 atom stereocenters. The van der Waals surface area contributed by atoms with Gasteiger partial charge in [-0.3, -0.25) is 4.79 Å². The summed E-state index contributed by atoms with van der Waals surface area (Å²) in [6.45, 7) is 3.91. The van der Waals surface area contributed by atoms with E-state index in [9.17, 15) is 9.18 Å². The molecule has 0 bridgehead atoms. The van der Waals surface area contributed by atoms with Crippen molar-refractivity contribution in [3.63, 3.8) is 0 Å². The third-order valence-corrected chi connectivity index (χ3v) is 3.13. The summed E-state index contributed by atoms with van der Waals surface area (Å²) in [7, 11) is 0. The maximum absolute atomic E-state index is 13.7. The molecule has 2 rings (SSSR count). The van der Waals surface area contributed by atoms with Crippen LogP contribution in [0.25, 0.3) is 0 Å². The third kappa shape index (κ3) is 2.58. The molecule has 0 aliphatic carbocycles. The minimum atomic E-state index is -0.634. The lowest BCUT2D eigenvalue weighted by atomic mass is 10.1. The van der Waals surface area contributed by atoms with Crippen molar-refractivity contribution >= 4 is 17.5 Å². The summed E-state index contributed by atoms with van der Waals surface area (Å²) >= 11 is 5.67. The van der Waals surface area contributed by atoms with Crippen LogP contribution in [0.4, 0.5) is 4.39 Å². The quantitative estimate of drug-likeness (QED) is 0.833. The molecular formula is C12H14ClFN2O. The third-order valence-electron chi connectivity index (χ3n) is 2.84. The number of carbonyl (C=O) groups is 1. The van der Waals surface area contributed by atoms with Gasteiger partial charge in [-0.15, -0.1) is 0 Å². The second-order valence-corrected chi connectivity index (χ2v) is 4.61. The summed E-state index contributed by atoms with van der Waals surface area (Å²) in [6, 6.07) is 4.73. The molecule has 0 radical (unpaired) electrons. The summed E-state index contributed by atoms with van der Waals surface area (Å²) in [5.41, 5.74) is 0.0478. The van der Waals surface area contributed by atoms with Crippen LogP contribution in [0.3, 0.4) is 0 Å². The molecule has 1 fully saturated rings. The van der Waals surface area contributed by atoms with E-state index in [2.05, 4.69) is 5.32 Å². The van der Waals surface area contributed by atoms with Crippen molar-refractivity contribution < 1.29 is 9.18 Å². The highest BCUT2D eigenvalue weighted by atomic mass is 35.5. The van der Waals surface area contributed by atoms with Crippen LogP contribution in [0, 0.1) is 5.82 Å². The molecule has 1 aliphatic heterocycles. The van der Waals surface area contributed by atoms with Gasteiger partial charge in [-0.1, -0.05) is 17.7 Å². The fraction of sp³-hybridized carbons (Fsp3) is 0.417. The lowest BCUT2D eigenvalue weighted by molar-refractivity contribution is 0.0704. The Balaban J connectivity index is 2.22. The van der Waals surface area contributed by atoms with E-state index >= 15 is 0 Å². The van der Waals surface area contributed by atoms with Gasteiger partial charge in [0.05, 0.1) is 10.6 Å². The number of nitrogens with zero attached hydrogens (tertiary/aromatic N) is 1. The van der Waals surface area contributed by atoms with Gasteiger partial charge in [-0.25, -0.2) is 4.39 Å². The van der Waals surface area contributed by atoms with Crippen LogP contribution in [0.15, 0.2) is 18.2 Å². The van der Waals surface area contributed by atoms with Gasteiger partial charge < -0.3 is 10.2 Å². The molecule has 0 aromatic heterocycles. The van der Waals surface area contributed by atoms with E-state index in [-0.39, 0.29) is 22.5 Å². The number of hydrogen-bond donors (Lipinski definition) is 1. The first-order valence-corrected chi connectivity index (χ1v) is 5.94. The predicted octanol–water partition coefficient (Wildman–Crippen LogP) is 1.91. The Morgan fingerprint density at radius 2 is 2.35 bits per heavy atom. The molecule has 0 saturated carbocycles. The van der Waals surface area contributed by atoms with Crippen LogP contribution in [-0.2, 0) is 0 Å². The van der Waals surface area contributed by atoms with Crippen LogP contribution >= 0.6 is 11.6 Å². The maximum Gasteiger partial charge on any atom is 0.256 e. The molecular weight excluding hydrogens is 243 g/mol. The van der Waals surface area contributed by atoms with Crippen molar-refractivity contribution in [3.8, 4) is 0 Å². The number of hydrogen-bond acceptors (Lipinski definition) is 2. The summed E-state index contributed by atoms with van der Waals surface area (Å²) < 4.78 is 13.7. The number of piperazine rings is 1. The maximum atomic E-state index is 13.7. The van der Waals surface area contributed by atoms with Crippen LogP contribution in [0.5, 0.6) is 0 Å². The van der Waals surface area contributed by atoms with Gasteiger partial charge in [0.1, 0.15) is 0 Å². The molecule has 1 saturated heterocycles. The number of rotatable bonds is 1. The standard InChI is InChI=1S/C12H14ClFN2O/c1-8-7-16(6-5-15-8)12(17)9-3-2-4-10(13)11(9)14/h2-4,8,15H,5-7H2,1H3. The van der Waals surface area contributed by atoms with Gasteiger partial charge in [-0.05, 0) is 19.1 Å². The van der Waals surface area contributed by atoms with Gasteiger partial charge in [0.15, 0.2) is 5.82 Å². The van der Waals surface area contributed by atoms with Crippen molar-refractivity contribution in [2.45, 2.75) is 13.0 Å². The molecule has 17 heavy (non-hydrogen) atoms. The van der Waals surface area contributed by atoms with Gasteiger partial charge in [0, 0.05) is 25.7 Å². The molecule has 1 amide bonds. The first-order chi connectivity index (χ1) is 8.09. The molecule has 5 heteroatoms. The largest absolute Gasteiger partial charge is 0.336 e. The van der Waals surface area contributed by atoms with Gasteiger partial charge >= 0.3 is 0 Å². The molecule has 0 spiro atoms. The second-order valence-electron chi connectivity index (χ2n) is 4.21. The van der Waals surface area contributed by atoms with Crippen LogP contribution < -0.4 is 5.32 Å². The lowest BCUT2D eigenvalue weighted by Gasteiger charge is -2.32. The Bertz CT molecular complexity index is 439. The topological polar surface area (TPSA) is 32.3 Å². The van der Waals surface area contributed by atoms with E-state index in [4.69, 9.17) is 11.6 Å². The van der Waals surface area contributed by atoms with Crippen LogP contribution in [0.2, 0.25) is 5.02 Å². The zero-order chi connectivity index (χ0) is 12.4. The molecule has 3 nitrogen and oxygen atoms in total. The minimum Gasteiger partial charge on any atom is -0.336 e. The normalized spacial score (nSPS) is 20.4. The van der Waals surface area contributed by atoms with Crippen molar-refractivity contribution in [1.82, 2.24) is 10.2 Å². The summed E-state index contributed by atoms with van der Waals surface area (Å²) in [6.07, 6.45) is 0. The monoisotopic (exact) mass is 256 g/mol. The smallest absolute Gasteiger partial charge is 0.256 e. The average molecular weight is 257 g/mol. The average Bonchev–Trinajstić information content (AvgIpc) is 2.32. The highest BCUT2D eigenvalue weighted by Gasteiger charge is 2.24. The Morgan fingerprint density at radius 1 is 1.59 bits per heavy atom. The summed E-state index contributed by atoms with van der Waals surface area (Å²) in [5, 5.41) is 3.22. The number of nitrogens with one attached hydrogen (secondary N) is 1. The molecule has 1 aromatic carbocycles. The molecule has 92 valence electrons. The van der Waals surface area contributed by atoms with Crippen LogP contribution in [0.1, 0.15) is 17.3 Å². The zero-order valence-corrected chi connectivity index (χ0v) is 10.3. The molecule has 1 unspecified atom stereocenters. The highest BCUT2D eigenvalue weighted by Crippen LogP contribution is 2.19. The highest BCUT2D eigenvalue weighted by molar-refractivity contribution is 6.31. The number of halogens is 2. The van der Waals surface area contributed by atoms with E-state index < -0.39 is 5.82 Å². The Hall–Kier alpha value is -1.13. The van der Waals surface area contributed by atoms with E-state index in [1.165, 1.54) is 12.1 Å². The Kier molecular flexibility index (Phi) is 3.64. The van der Waals surface area contributed by atoms with Gasteiger partial charge in [0.2, 0.25) is 0 Å². The minimum absolute atomic E-state index is 0.0148. The van der Waals surface area contributed by atoms with E-state index in [1.807, 2.05) is 6.92 Å². The number of benzene rings is 1. The Labute approximate surface area is 105 Å². The van der Waals surface area contributed by atoms with Crippen molar-refractivity contribution in [2.24, 2.45) is 0 Å². The van der Waals surface area contributed by atoms with E-state index in [0.717, 1.165) is 6.54 Å². The van der Waals surface area contributed by atoms with Crippen LogP contribution in [-0.4, -0.2) is 36.5 Å². The lowest BCUT2D eigenvalue weighted by Crippen LogP contribution is -2.51. The SMILES string of the molecule is CC1CN(C(=O)c2cccc(Cl)c2F)CCN1. The van der Waals surface area contributed by atoms with Crippen molar-refractivity contribution in [3.05, 3.63) is 34.6 Å². The first kappa shape index (κ1) is 12.3.